The van der Waals surface area contributed by atoms with Crippen LogP contribution < -0.4 is 5.32 Å². The summed E-state index contributed by atoms with van der Waals surface area (Å²) in [6.45, 7) is 0.651. The van der Waals surface area contributed by atoms with E-state index in [1.54, 1.807) is 12.1 Å². The average molecular weight is 207 g/mol. The summed E-state index contributed by atoms with van der Waals surface area (Å²) in [5, 5.41) is 12.3. The SMILES string of the molecule is COC(=O)C1CNC1c1ccc(O)cc1. The van der Waals surface area contributed by atoms with Crippen LogP contribution >= 0.6 is 0 Å². The molecule has 0 radical (unpaired) electrons. The van der Waals surface area contributed by atoms with Crippen LogP contribution in [0.5, 0.6) is 5.75 Å². The summed E-state index contributed by atoms with van der Waals surface area (Å²) in [6, 6.07) is 6.86. The van der Waals surface area contributed by atoms with E-state index in [-0.39, 0.29) is 23.7 Å². The molecule has 1 aromatic carbocycles. The first-order valence-corrected chi connectivity index (χ1v) is 4.82. The molecular weight excluding hydrogens is 194 g/mol. The van der Waals surface area contributed by atoms with Gasteiger partial charge in [0.1, 0.15) is 5.75 Å². The quantitative estimate of drug-likeness (QED) is 0.705. The van der Waals surface area contributed by atoms with Crippen molar-refractivity contribution in [2.45, 2.75) is 6.04 Å². The molecule has 2 atom stereocenters. The molecule has 4 heteroatoms. The Labute approximate surface area is 87.9 Å². The predicted molar refractivity (Wildman–Crippen MR) is 54.4 cm³/mol. The largest absolute Gasteiger partial charge is 0.508 e. The number of phenolic OH excluding ortho intramolecular Hbond substituents is 1. The molecule has 2 N–H and O–H groups in total. The van der Waals surface area contributed by atoms with Gasteiger partial charge in [0.2, 0.25) is 0 Å². The molecule has 0 aliphatic carbocycles. The summed E-state index contributed by atoms with van der Waals surface area (Å²) >= 11 is 0. The minimum atomic E-state index is -0.188. The Bertz CT molecular complexity index is 361. The van der Waals surface area contributed by atoms with Crippen molar-refractivity contribution in [3.63, 3.8) is 0 Å². The van der Waals surface area contributed by atoms with Gasteiger partial charge in [0, 0.05) is 12.6 Å². The molecule has 0 aromatic heterocycles. The number of aromatic hydroxyl groups is 1. The van der Waals surface area contributed by atoms with E-state index in [2.05, 4.69) is 5.32 Å². The van der Waals surface area contributed by atoms with E-state index < -0.39 is 0 Å². The first-order chi connectivity index (χ1) is 7.22. The zero-order chi connectivity index (χ0) is 10.8. The molecule has 1 heterocycles. The van der Waals surface area contributed by atoms with Crippen molar-refractivity contribution in [1.29, 1.82) is 0 Å². The van der Waals surface area contributed by atoms with Crippen molar-refractivity contribution in [3.8, 4) is 5.75 Å². The Kier molecular flexibility index (Phi) is 2.60. The number of hydrogen-bond donors (Lipinski definition) is 2. The Balaban J connectivity index is 2.12. The van der Waals surface area contributed by atoms with Crippen molar-refractivity contribution in [2.75, 3.05) is 13.7 Å². The molecule has 0 spiro atoms. The lowest BCUT2D eigenvalue weighted by Crippen LogP contribution is -2.50. The van der Waals surface area contributed by atoms with Crippen LogP contribution in [0.3, 0.4) is 0 Å². The normalized spacial score (nSPS) is 24.3. The molecule has 1 aliphatic rings. The zero-order valence-electron chi connectivity index (χ0n) is 8.43. The molecule has 1 saturated heterocycles. The van der Waals surface area contributed by atoms with Gasteiger partial charge in [-0.3, -0.25) is 4.79 Å². The Hall–Kier alpha value is -1.55. The Morgan fingerprint density at radius 1 is 1.47 bits per heavy atom. The number of ether oxygens (including phenoxy) is 1. The van der Waals surface area contributed by atoms with Crippen LogP contribution in [0.1, 0.15) is 11.6 Å². The van der Waals surface area contributed by atoms with Crippen molar-refractivity contribution in [1.82, 2.24) is 5.32 Å². The smallest absolute Gasteiger partial charge is 0.311 e. The average Bonchev–Trinajstić information content (AvgIpc) is 2.19. The fourth-order valence-electron chi connectivity index (χ4n) is 1.76. The third-order valence-electron chi connectivity index (χ3n) is 2.72. The van der Waals surface area contributed by atoms with Crippen LogP contribution in [-0.2, 0) is 9.53 Å². The molecule has 1 aromatic rings. The van der Waals surface area contributed by atoms with Crippen LogP contribution in [0.2, 0.25) is 0 Å². The van der Waals surface area contributed by atoms with Crippen molar-refractivity contribution in [3.05, 3.63) is 29.8 Å². The summed E-state index contributed by atoms with van der Waals surface area (Å²) in [7, 11) is 1.40. The van der Waals surface area contributed by atoms with Crippen molar-refractivity contribution in [2.24, 2.45) is 5.92 Å². The molecule has 0 saturated carbocycles. The number of hydrogen-bond acceptors (Lipinski definition) is 4. The molecule has 2 rings (SSSR count). The molecule has 80 valence electrons. The van der Waals surface area contributed by atoms with Gasteiger partial charge in [0.25, 0.3) is 0 Å². The van der Waals surface area contributed by atoms with Gasteiger partial charge < -0.3 is 15.2 Å². The third kappa shape index (κ3) is 1.80. The number of methoxy groups -OCH3 is 1. The fraction of sp³-hybridized carbons (Fsp3) is 0.364. The number of benzene rings is 1. The third-order valence-corrected chi connectivity index (χ3v) is 2.72. The maximum Gasteiger partial charge on any atom is 0.311 e. The highest BCUT2D eigenvalue weighted by Gasteiger charge is 2.37. The number of phenols is 1. The zero-order valence-corrected chi connectivity index (χ0v) is 8.43. The summed E-state index contributed by atoms with van der Waals surface area (Å²) < 4.78 is 4.70. The highest BCUT2D eigenvalue weighted by Crippen LogP contribution is 2.30. The van der Waals surface area contributed by atoms with Gasteiger partial charge in [0.05, 0.1) is 13.0 Å². The number of nitrogens with one attached hydrogen (secondary N) is 1. The first kappa shape index (κ1) is 9.98. The first-order valence-electron chi connectivity index (χ1n) is 4.82. The minimum absolute atomic E-state index is 0.0121. The van der Waals surface area contributed by atoms with E-state index in [4.69, 9.17) is 9.84 Å². The monoisotopic (exact) mass is 207 g/mol. The maximum atomic E-state index is 11.3. The van der Waals surface area contributed by atoms with E-state index >= 15 is 0 Å². The molecule has 4 nitrogen and oxygen atoms in total. The van der Waals surface area contributed by atoms with Crippen LogP contribution in [0, 0.1) is 5.92 Å². The number of carbonyl (C=O) groups excluding carboxylic acids is 1. The highest BCUT2D eigenvalue weighted by molar-refractivity contribution is 5.75. The van der Waals surface area contributed by atoms with Gasteiger partial charge in [-0.25, -0.2) is 0 Å². The molecular formula is C11H13NO3. The fourth-order valence-corrected chi connectivity index (χ4v) is 1.76. The summed E-state index contributed by atoms with van der Waals surface area (Å²) in [6.07, 6.45) is 0. The molecule has 0 bridgehead atoms. The lowest BCUT2D eigenvalue weighted by Gasteiger charge is -2.36. The summed E-state index contributed by atoms with van der Waals surface area (Å²) in [4.78, 5) is 11.3. The molecule has 1 fully saturated rings. The second kappa shape index (κ2) is 3.90. The van der Waals surface area contributed by atoms with E-state index in [0.717, 1.165) is 5.56 Å². The van der Waals surface area contributed by atoms with Gasteiger partial charge in [-0.1, -0.05) is 12.1 Å². The van der Waals surface area contributed by atoms with Gasteiger partial charge in [-0.05, 0) is 17.7 Å². The summed E-state index contributed by atoms with van der Waals surface area (Å²) in [5.41, 5.74) is 0.995. The second-order valence-electron chi connectivity index (χ2n) is 3.61. The maximum absolute atomic E-state index is 11.3. The molecule has 1 aliphatic heterocycles. The van der Waals surface area contributed by atoms with Gasteiger partial charge in [0.15, 0.2) is 0 Å². The van der Waals surface area contributed by atoms with E-state index in [1.165, 1.54) is 7.11 Å². The van der Waals surface area contributed by atoms with Crippen LogP contribution in [0.25, 0.3) is 0 Å². The summed E-state index contributed by atoms with van der Waals surface area (Å²) in [5.74, 6) is -0.0703. The Morgan fingerprint density at radius 2 is 2.13 bits per heavy atom. The van der Waals surface area contributed by atoms with Crippen LogP contribution in [-0.4, -0.2) is 24.7 Å². The lowest BCUT2D eigenvalue weighted by molar-refractivity contribution is -0.149. The van der Waals surface area contributed by atoms with E-state index in [0.29, 0.717) is 6.54 Å². The van der Waals surface area contributed by atoms with E-state index in [9.17, 15) is 4.79 Å². The van der Waals surface area contributed by atoms with E-state index in [1.807, 2.05) is 12.1 Å². The number of rotatable bonds is 2. The Morgan fingerprint density at radius 3 is 2.60 bits per heavy atom. The van der Waals surface area contributed by atoms with Crippen molar-refractivity contribution >= 4 is 5.97 Å². The van der Waals surface area contributed by atoms with Crippen LogP contribution in [0.4, 0.5) is 0 Å². The van der Waals surface area contributed by atoms with Crippen molar-refractivity contribution < 1.29 is 14.6 Å². The van der Waals surface area contributed by atoms with Gasteiger partial charge in [-0.2, -0.15) is 0 Å². The number of esters is 1. The standard InChI is InChI=1S/C11H13NO3/c1-15-11(14)9-6-12-10(9)7-2-4-8(13)5-3-7/h2-5,9-10,12-13H,6H2,1H3. The topological polar surface area (TPSA) is 58.6 Å². The predicted octanol–water partition coefficient (Wildman–Crippen LogP) is 0.826. The molecule has 2 unspecified atom stereocenters. The second-order valence-corrected chi connectivity index (χ2v) is 3.61. The highest BCUT2D eigenvalue weighted by atomic mass is 16.5. The lowest BCUT2D eigenvalue weighted by atomic mass is 9.86. The molecule has 0 amide bonds. The molecule has 15 heavy (non-hydrogen) atoms. The van der Waals surface area contributed by atoms with Gasteiger partial charge >= 0.3 is 5.97 Å². The van der Waals surface area contributed by atoms with Gasteiger partial charge in [-0.15, -0.1) is 0 Å². The van der Waals surface area contributed by atoms with Crippen LogP contribution in [0.15, 0.2) is 24.3 Å². The minimum Gasteiger partial charge on any atom is -0.508 e. The number of carbonyl (C=O) groups is 1.